The fourth-order valence-corrected chi connectivity index (χ4v) is 4.30. The number of ether oxygens (including phenoxy) is 3. The zero-order chi connectivity index (χ0) is 25.1. The summed E-state index contributed by atoms with van der Waals surface area (Å²) in [6, 6.07) is 4.20. The number of unbranched alkanes of at least 4 members (excludes halogenated alkanes) is 6. The van der Waals surface area contributed by atoms with E-state index in [2.05, 4.69) is 27.7 Å². The van der Waals surface area contributed by atoms with Crippen LogP contribution in [0.15, 0.2) is 18.2 Å². The fraction of sp³-hybridized carbons (Fsp3) is 0.793. The van der Waals surface area contributed by atoms with Gasteiger partial charge in [-0.2, -0.15) is 0 Å². The summed E-state index contributed by atoms with van der Waals surface area (Å²) in [7, 11) is 0. The van der Waals surface area contributed by atoms with Crippen LogP contribution in [0.4, 0.5) is 8.78 Å². The predicted octanol–water partition coefficient (Wildman–Crippen LogP) is 8.98. The van der Waals surface area contributed by atoms with Crippen LogP contribution < -0.4 is 0 Å². The maximum Gasteiger partial charge on any atom is 0.285 e. The molecule has 0 radical (unpaired) electrons. The minimum absolute atomic E-state index is 0.147. The summed E-state index contributed by atoms with van der Waals surface area (Å²) < 4.78 is 45.8. The number of hydrogen-bond acceptors (Lipinski definition) is 3. The van der Waals surface area contributed by atoms with Gasteiger partial charge >= 0.3 is 0 Å². The molecule has 0 fully saturated rings. The van der Waals surface area contributed by atoms with Gasteiger partial charge in [0.15, 0.2) is 11.6 Å². The van der Waals surface area contributed by atoms with Gasteiger partial charge in [0.2, 0.25) is 0 Å². The van der Waals surface area contributed by atoms with Crippen LogP contribution in [0.5, 0.6) is 0 Å². The van der Waals surface area contributed by atoms with Crippen LogP contribution in [-0.4, -0.2) is 25.8 Å². The molecule has 0 aliphatic rings. The minimum atomic E-state index is -0.993. The molecule has 34 heavy (non-hydrogen) atoms. The van der Waals surface area contributed by atoms with Crippen molar-refractivity contribution in [3.8, 4) is 0 Å². The molecule has 1 aromatic carbocycles. The topological polar surface area (TPSA) is 27.7 Å². The number of aryl methyl sites for hydroxylation is 1. The van der Waals surface area contributed by atoms with Gasteiger partial charge in [0, 0.05) is 5.92 Å². The van der Waals surface area contributed by atoms with Crippen LogP contribution in [-0.2, 0) is 20.6 Å². The first-order valence-electron chi connectivity index (χ1n) is 13.9. The van der Waals surface area contributed by atoms with Crippen LogP contribution in [0.3, 0.4) is 0 Å². The number of benzene rings is 1. The summed E-state index contributed by atoms with van der Waals surface area (Å²) >= 11 is 0. The zero-order valence-electron chi connectivity index (χ0n) is 22.3. The maximum atomic E-state index is 13.6. The van der Waals surface area contributed by atoms with Gasteiger partial charge in [0.05, 0.1) is 19.8 Å². The fourth-order valence-electron chi connectivity index (χ4n) is 4.30. The van der Waals surface area contributed by atoms with E-state index in [1.165, 1.54) is 44.2 Å². The Morgan fingerprint density at radius 2 is 1.18 bits per heavy atom. The van der Waals surface area contributed by atoms with E-state index in [0.29, 0.717) is 19.8 Å². The summed E-state index contributed by atoms with van der Waals surface area (Å²) in [6.07, 6.45) is 14.7. The first-order valence-corrected chi connectivity index (χ1v) is 13.9. The molecule has 0 saturated heterocycles. The second-order valence-corrected chi connectivity index (χ2v) is 9.40. The number of rotatable bonds is 22. The quantitative estimate of drug-likeness (QED) is 0.121. The predicted molar refractivity (Wildman–Crippen MR) is 137 cm³/mol. The third-order valence-corrected chi connectivity index (χ3v) is 6.18. The highest BCUT2D eigenvalue weighted by molar-refractivity contribution is 5.17. The Kier molecular flexibility index (Phi) is 17.5. The molecule has 5 heteroatoms. The molecule has 0 aliphatic carbocycles. The Morgan fingerprint density at radius 1 is 0.647 bits per heavy atom. The average Bonchev–Trinajstić information content (AvgIpc) is 2.84. The highest BCUT2D eigenvalue weighted by Crippen LogP contribution is 2.35. The van der Waals surface area contributed by atoms with Crippen LogP contribution in [0.2, 0.25) is 0 Å². The van der Waals surface area contributed by atoms with Gasteiger partial charge < -0.3 is 14.2 Å². The summed E-state index contributed by atoms with van der Waals surface area (Å²) in [6.45, 7) is 10.4. The molecule has 0 bridgehead atoms. The molecular weight excluding hydrogens is 434 g/mol. The molecule has 0 heterocycles. The van der Waals surface area contributed by atoms with Gasteiger partial charge in [-0.3, -0.25) is 0 Å². The van der Waals surface area contributed by atoms with E-state index >= 15 is 0 Å². The van der Waals surface area contributed by atoms with Crippen molar-refractivity contribution in [1.82, 2.24) is 0 Å². The molecule has 1 rings (SSSR count). The molecule has 0 N–H and O–H groups in total. The van der Waals surface area contributed by atoms with Crippen LogP contribution in [0.1, 0.15) is 117 Å². The highest BCUT2D eigenvalue weighted by atomic mass is 19.2. The van der Waals surface area contributed by atoms with Gasteiger partial charge in [-0.25, -0.2) is 8.78 Å². The van der Waals surface area contributed by atoms with E-state index in [1.54, 1.807) is 6.07 Å². The minimum Gasteiger partial charge on any atom is -0.327 e. The molecule has 0 aromatic heterocycles. The first kappa shape index (κ1) is 31.0. The second-order valence-electron chi connectivity index (χ2n) is 9.40. The zero-order valence-corrected chi connectivity index (χ0v) is 22.3. The normalized spacial score (nSPS) is 12.9. The SMILES string of the molecule is CCCCCCCCC(CCCCc1ccc(F)c(F)c1)C(OCCC)(OCCC)OCCC. The summed E-state index contributed by atoms with van der Waals surface area (Å²) in [5.74, 6) is -2.41. The number of hydrogen-bond donors (Lipinski definition) is 0. The van der Waals surface area contributed by atoms with Gasteiger partial charge in [0.25, 0.3) is 5.97 Å². The van der Waals surface area contributed by atoms with E-state index in [1.807, 2.05) is 0 Å². The molecule has 0 amide bonds. The van der Waals surface area contributed by atoms with Gasteiger partial charge in [-0.05, 0) is 62.6 Å². The monoisotopic (exact) mass is 484 g/mol. The van der Waals surface area contributed by atoms with Crippen molar-refractivity contribution in [1.29, 1.82) is 0 Å². The standard InChI is InChI=1S/C29H50F2O3/c1-5-9-10-11-12-13-17-26(18-15-14-16-25-19-20-27(30)28(31)24-25)29(32-21-6-2,33-22-7-3)34-23-8-4/h19-20,24,26H,5-18,21-23H2,1-4H3. The van der Waals surface area contributed by atoms with Crippen molar-refractivity contribution in [3.63, 3.8) is 0 Å². The molecule has 0 aliphatic heterocycles. The van der Waals surface area contributed by atoms with Gasteiger partial charge in [-0.15, -0.1) is 0 Å². The molecular formula is C29H50F2O3. The van der Waals surface area contributed by atoms with Crippen LogP contribution >= 0.6 is 0 Å². The average molecular weight is 485 g/mol. The molecule has 3 nitrogen and oxygen atoms in total. The van der Waals surface area contributed by atoms with Crippen LogP contribution in [0.25, 0.3) is 0 Å². The number of halogens is 2. The summed E-state index contributed by atoms with van der Waals surface area (Å²) in [4.78, 5) is 0. The lowest BCUT2D eigenvalue weighted by atomic mass is 9.91. The Bertz CT molecular complexity index is 602. The lowest BCUT2D eigenvalue weighted by Crippen LogP contribution is -2.47. The van der Waals surface area contributed by atoms with E-state index in [0.717, 1.165) is 63.4 Å². The largest absolute Gasteiger partial charge is 0.327 e. The molecule has 1 aromatic rings. The lowest BCUT2D eigenvalue weighted by molar-refractivity contribution is -0.406. The van der Waals surface area contributed by atoms with E-state index in [-0.39, 0.29) is 5.92 Å². The smallest absolute Gasteiger partial charge is 0.285 e. The summed E-state index contributed by atoms with van der Waals surface area (Å²) in [5.41, 5.74) is 0.837. The summed E-state index contributed by atoms with van der Waals surface area (Å²) in [5, 5.41) is 0. The molecule has 198 valence electrons. The van der Waals surface area contributed by atoms with E-state index < -0.39 is 17.6 Å². The van der Waals surface area contributed by atoms with E-state index in [4.69, 9.17) is 14.2 Å². The molecule has 1 atom stereocenters. The van der Waals surface area contributed by atoms with Crippen LogP contribution in [0, 0.1) is 17.6 Å². The van der Waals surface area contributed by atoms with Crippen molar-refractivity contribution in [2.45, 2.75) is 124 Å². The lowest BCUT2D eigenvalue weighted by Gasteiger charge is -2.40. The van der Waals surface area contributed by atoms with Crippen molar-refractivity contribution >= 4 is 0 Å². The van der Waals surface area contributed by atoms with Crippen molar-refractivity contribution in [3.05, 3.63) is 35.4 Å². The van der Waals surface area contributed by atoms with Gasteiger partial charge in [0.1, 0.15) is 0 Å². The van der Waals surface area contributed by atoms with Crippen molar-refractivity contribution in [2.24, 2.45) is 5.92 Å². The van der Waals surface area contributed by atoms with Gasteiger partial charge in [-0.1, -0.05) is 78.7 Å². The van der Waals surface area contributed by atoms with Crippen molar-refractivity contribution < 1.29 is 23.0 Å². The van der Waals surface area contributed by atoms with Crippen molar-refractivity contribution in [2.75, 3.05) is 19.8 Å². The third-order valence-electron chi connectivity index (χ3n) is 6.18. The highest BCUT2D eigenvalue weighted by Gasteiger charge is 2.41. The van der Waals surface area contributed by atoms with E-state index in [9.17, 15) is 8.78 Å². The third kappa shape index (κ3) is 12.1. The second kappa shape index (κ2) is 19.2. The molecule has 0 spiro atoms. The molecule has 0 saturated carbocycles. The Balaban J connectivity index is 2.85. The molecule has 1 unspecified atom stereocenters. The first-order chi connectivity index (χ1) is 16.5. The Morgan fingerprint density at radius 3 is 1.71 bits per heavy atom. The Hall–Kier alpha value is -1.04. The Labute approximate surface area is 207 Å². The maximum absolute atomic E-state index is 13.6.